The molecule has 0 saturated heterocycles. The molecule has 0 amide bonds. The lowest BCUT2D eigenvalue weighted by Gasteiger charge is -2.13. The van der Waals surface area contributed by atoms with Crippen LogP contribution < -0.4 is 5.32 Å². The van der Waals surface area contributed by atoms with Gasteiger partial charge in [0.15, 0.2) is 5.82 Å². The summed E-state index contributed by atoms with van der Waals surface area (Å²) < 4.78 is 26.9. The molecule has 2 rings (SSSR count). The number of pyridine rings is 1. The summed E-state index contributed by atoms with van der Waals surface area (Å²) >= 11 is 0. The van der Waals surface area contributed by atoms with Crippen molar-refractivity contribution in [3.8, 4) is 0 Å². The van der Waals surface area contributed by atoms with Gasteiger partial charge in [-0.15, -0.1) is 0 Å². The Morgan fingerprint density at radius 1 is 1.24 bits per heavy atom. The number of anilines is 1. The normalized spacial score (nSPS) is 10.9. The van der Waals surface area contributed by atoms with Gasteiger partial charge in [0.1, 0.15) is 11.3 Å². The number of hydrogen-bond acceptors (Lipinski definition) is 2. The largest absolute Gasteiger partial charge is 0.385 e. The fraction of sp³-hybridized carbons (Fsp3) is 0.308. The Kier molecular flexibility index (Phi) is 2.96. The lowest BCUT2D eigenvalue weighted by Crippen LogP contribution is -2.04. The van der Waals surface area contributed by atoms with Crippen molar-refractivity contribution in [2.75, 3.05) is 11.9 Å². The van der Waals surface area contributed by atoms with Gasteiger partial charge in [-0.1, -0.05) is 0 Å². The molecule has 17 heavy (non-hydrogen) atoms. The summed E-state index contributed by atoms with van der Waals surface area (Å²) in [4.78, 5) is 4.18. The Hall–Kier alpha value is -1.71. The predicted octanol–water partition coefficient (Wildman–Crippen LogP) is 3.56. The molecule has 1 aromatic heterocycles. The molecule has 0 bridgehead atoms. The van der Waals surface area contributed by atoms with Gasteiger partial charge in [-0.25, -0.2) is 13.8 Å². The number of aryl methyl sites for hydroxylation is 1. The summed E-state index contributed by atoms with van der Waals surface area (Å²) in [6.45, 7) is 6.34. The SMILES string of the molecule is CCNc1c(C)c(C)nc2c(F)cc(F)cc12. The van der Waals surface area contributed by atoms with Crippen LogP contribution in [0, 0.1) is 25.5 Å². The third kappa shape index (κ3) is 1.95. The second-order valence-corrected chi connectivity index (χ2v) is 4.01. The Morgan fingerprint density at radius 3 is 2.59 bits per heavy atom. The minimum Gasteiger partial charge on any atom is -0.385 e. The van der Waals surface area contributed by atoms with Crippen LogP contribution in [0.3, 0.4) is 0 Å². The first kappa shape index (κ1) is 11.8. The quantitative estimate of drug-likeness (QED) is 0.862. The summed E-state index contributed by atoms with van der Waals surface area (Å²) in [6.07, 6.45) is 0. The van der Waals surface area contributed by atoms with Crippen molar-refractivity contribution in [1.29, 1.82) is 0 Å². The van der Waals surface area contributed by atoms with E-state index in [-0.39, 0.29) is 5.52 Å². The average molecular weight is 236 g/mol. The fourth-order valence-electron chi connectivity index (χ4n) is 1.91. The first-order chi connectivity index (χ1) is 8.04. The molecule has 0 aliphatic carbocycles. The van der Waals surface area contributed by atoms with E-state index < -0.39 is 11.6 Å². The second kappa shape index (κ2) is 4.28. The smallest absolute Gasteiger partial charge is 0.152 e. The highest BCUT2D eigenvalue weighted by molar-refractivity contribution is 5.93. The molecule has 0 saturated carbocycles. The molecule has 0 unspecified atom stereocenters. The predicted molar refractivity (Wildman–Crippen MR) is 65.3 cm³/mol. The summed E-state index contributed by atoms with van der Waals surface area (Å²) in [5.41, 5.74) is 2.64. The highest BCUT2D eigenvalue weighted by Gasteiger charge is 2.13. The van der Waals surface area contributed by atoms with E-state index in [0.29, 0.717) is 11.9 Å². The molecule has 2 nitrogen and oxygen atoms in total. The molecule has 1 aromatic carbocycles. The minimum atomic E-state index is -0.623. The van der Waals surface area contributed by atoms with E-state index >= 15 is 0 Å². The van der Waals surface area contributed by atoms with E-state index in [9.17, 15) is 8.78 Å². The van der Waals surface area contributed by atoms with Crippen molar-refractivity contribution in [2.45, 2.75) is 20.8 Å². The zero-order valence-corrected chi connectivity index (χ0v) is 10.1. The van der Waals surface area contributed by atoms with Crippen LogP contribution in [-0.2, 0) is 0 Å². The van der Waals surface area contributed by atoms with Crippen molar-refractivity contribution in [1.82, 2.24) is 4.98 Å². The van der Waals surface area contributed by atoms with Gasteiger partial charge in [-0.3, -0.25) is 0 Å². The van der Waals surface area contributed by atoms with Crippen molar-refractivity contribution in [3.63, 3.8) is 0 Å². The topological polar surface area (TPSA) is 24.9 Å². The number of nitrogens with one attached hydrogen (secondary N) is 1. The van der Waals surface area contributed by atoms with E-state index in [1.54, 1.807) is 0 Å². The molecule has 2 aromatic rings. The molecule has 0 fully saturated rings. The summed E-state index contributed by atoms with van der Waals surface area (Å²) in [6, 6.07) is 2.18. The molecule has 1 heterocycles. The maximum Gasteiger partial charge on any atom is 0.152 e. The first-order valence-corrected chi connectivity index (χ1v) is 5.54. The number of hydrogen-bond donors (Lipinski definition) is 1. The Labute approximate surface area is 98.7 Å². The maximum atomic E-state index is 13.6. The second-order valence-electron chi connectivity index (χ2n) is 4.01. The highest BCUT2D eigenvalue weighted by atomic mass is 19.1. The lowest BCUT2D eigenvalue weighted by atomic mass is 10.1. The number of rotatable bonds is 2. The first-order valence-electron chi connectivity index (χ1n) is 5.54. The zero-order chi connectivity index (χ0) is 12.6. The van der Waals surface area contributed by atoms with Crippen LogP contribution in [0.25, 0.3) is 10.9 Å². The van der Waals surface area contributed by atoms with Gasteiger partial charge in [0, 0.05) is 29.4 Å². The molecule has 0 aliphatic heterocycles. The van der Waals surface area contributed by atoms with E-state index in [1.807, 2.05) is 20.8 Å². The van der Waals surface area contributed by atoms with Crippen molar-refractivity contribution in [2.24, 2.45) is 0 Å². The number of aromatic nitrogens is 1. The molecule has 4 heteroatoms. The number of fused-ring (bicyclic) bond motifs is 1. The molecule has 0 radical (unpaired) electrons. The number of benzene rings is 1. The van der Waals surface area contributed by atoms with Crippen LogP contribution in [0.5, 0.6) is 0 Å². The molecular formula is C13H14F2N2. The average Bonchev–Trinajstić information content (AvgIpc) is 2.26. The standard InChI is InChI=1S/C13H14F2N2/c1-4-16-12-7(2)8(3)17-13-10(12)5-9(14)6-11(13)15/h5-6H,4H2,1-3H3,(H,16,17). The van der Waals surface area contributed by atoms with E-state index in [0.717, 1.165) is 23.0 Å². The van der Waals surface area contributed by atoms with Gasteiger partial charge in [-0.05, 0) is 32.4 Å². The summed E-state index contributed by atoms with van der Waals surface area (Å²) in [5, 5.41) is 3.63. The van der Waals surface area contributed by atoms with Crippen molar-refractivity contribution in [3.05, 3.63) is 35.0 Å². The Bertz CT molecular complexity index is 579. The molecular weight excluding hydrogens is 222 g/mol. The van der Waals surface area contributed by atoms with Gasteiger partial charge in [-0.2, -0.15) is 0 Å². The van der Waals surface area contributed by atoms with Gasteiger partial charge in [0.2, 0.25) is 0 Å². The maximum absolute atomic E-state index is 13.6. The van der Waals surface area contributed by atoms with E-state index in [2.05, 4.69) is 10.3 Å². The third-order valence-electron chi connectivity index (χ3n) is 2.85. The Balaban J connectivity index is 2.87. The van der Waals surface area contributed by atoms with Gasteiger partial charge >= 0.3 is 0 Å². The lowest BCUT2D eigenvalue weighted by molar-refractivity contribution is 0.590. The van der Waals surface area contributed by atoms with Crippen molar-refractivity contribution >= 4 is 16.6 Å². The monoisotopic (exact) mass is 236 g/mol. The highest BCUT2D eigenvalue weighted by Crippen LogP contribution is 2.29. The van der Waals surface area contributed by atoms with Crippen LogP contribution in [0.2, 0.25) is 0 Å². The summed E-state index contributed by atoms with van der Waals surface area (Å²) in [5.74, 6) is -1.21. The van der Waals surface area contributed by atoms with Gasteiger partial charge in [0.05, 0.1) is 0 Å². The molecule has 90 valence electrons. The van der Waals surface area contributed by atoms with Crippen LogP contribution in [-0.4, -0.2) is 11.5 Å². The molecule has 0 spiro atoms. The molecule has 0 aliphatic rings. The zero-order valence-electron chi connectivity index (χ0n) is 10.1. The van der Waals surface area contributed by atoms with Crippen LogP contribution in [0.1, 0.15) is 18.2 Å². The minimum absolute atomic E-state index is 0.213. The van der Waals surface area contributed by atoms with Gasteiger partial charge in [0.25, 0.3) is 0 Å². The number of nitrogens with zero attached hydrogens (tertiary/aromatic N) is 1. The molecule has 0 atom stereocenters. The number of halogens is 2. The van der Waals surface area contributed by atoms with Crippen LogP contribution in [0.4, 0.5) is 14.5 Å². The van der Waals surface area contributed by atoms with E-state index in [1.165, 1.54) is 6.07 Å². The fourth-order valence-corrected chi connectivity index (χ4v) is 1.91. The van der Waals surface area contributed by atoms with E-state index in [4.69, 9.17) is 0 Å². The molecule has 1 N–H and O–H groups in total. The Morgan fingerprint density at radius 2 is 1.94 bits per heavy atom. The summed E-state index contributed by atoms with van der Waals surface area (Å²) in [7, 11) is 0. The van der Waals surface area contributed by atoms with Crippen LogP contribution in [0.15, 0.2) is 12.1 Å². The third-order valence-corrected chi connectivity index (χ3v) is 2.85. The van der Waals surface area contributed by atoms with Gasteiger partial charge < -0.3 is 5.32 Å². The van der Waals surface area contributed by atoms with Crippen LogP contribution >= 0.6 is 0 Å². The van der Waals surface area contributed by atoms with Crippen molar-refractivity contribution < 1.29 is 8.78 Å².